The Morgan fingerprint density at radius 2 is 2.05 bits per heavy atom. The molecule has 0 radical (unpaired) electrons. The van der Waals surface area contributed by atoms with Gasteiger partial charge in [-0.15, -0.1) is 0 Å². The molecule has 0 saturated carbocycles. The van der Waals surface area contributed by atoms with Gasteiger partial charge in [-0.2, -0.15) is 4.79 Å². The first-order valence-electron chi connectivity index (χ1n) is 5.60. The third-order valence-electron chi connectivity index (χ3n) is 2.21. The number of benzene rings is 1. The molecule has 0 saturated heterocycles. The van der Waals surface area contributed by atoms with Gasteiger partial charge in [-0.25, -0.2) is 4.79 Å². The number of carbonyl (C=O) groups excluding carboxylic acids is 1. The van der Waals surface area contributed by atoms with E-state index in [1.807, 2.05) is 0 Å². The second-order valence-electron chi connectivity index (χ2n) is 3.56. The van der Waals surface area contributed by atoms with Gasteiger partial charge < -0.3 is 10.3 Å². The number of carbonyl (C=O) groups is 1. The van der Waals surface area contributed by atoms with Crippen LogP contribution in [0, 0.1) is 0 Å². The number of azide groups is 1. The lowest BCUT2D eigenvalue weighted by Crippen LogP contribution is -2.20. The van der Waals surface area contributed by atoms with E-state index in [4.69, 9.17) is 39.0 Å². The zero-order valence-corrected chi connectivity index (χ0v) is 12.1. The van der Waals surface area contributed by atoms with Crippen LogP contribution in [0.3, 0.4) is 0 Å². The third-order valence-corrected chi connectivity index (χ3v) is 2.95. The van der Waals surface area contributed by atoms with Gasteiger partial charge in [0.25, 0.3) is 0 Å². The van der Waals surface area contributed by atoms with E-state index in [2.05, 4.69) is 14.8 Å². The summed E-state index contributed by atoms with van der Waals surface area (Å²) in [6.45, 7) is 0.0991. The van der Waals surface area contributed by atoms with E-state index in [-0.39, 0.29) is 29.4 Å². The number of ether oxygens (including phenoxy) is 1. The molecule has 9 heteroatoms. The summed E-state index contributed by atoms with van der Waals surface area (Å²) in [4.78, 5) is 17.2. The van der Waals surface area contributed by atoms with Crippen molar-refractivity contribution < 1.29 is 14.3 Å². The number of nitrogens with zero attached hydrogens (tertiary/aromatic N) is 5. The summed E-state index contributed by atoms with van der Waals surface area (Å²) in [7, 11) is 0. The highest BCUT2D eigenvalue weighted by molar-refractivity contribution is 6.44. The zero-order chi connectivity index (χ0) is 15.7. The average molecular weight is 326 g/mol. The Labute approximate surface area is 130 Å². The van der Waals surface area contributed by atoms with Crippen molar-refractivity contribution in [2.75, 3.05) is 13.2 Å². The zero-order valence-electron chi connectivity index (χ0n) is 10.6. The molecular weight excluding hydrogens is 317 g/mol. The minimum Gasteiger partial charge on any atom is -0.453 e. The fourth-order valence-corrected chi connectivity index (χ4v) is 1.58. The van der Waals surface area contributed by atoms with Crippen molar-refractivity contribution in [3.63, 3.8) is 0 Å². The second-order valence-corrected chi connectivity index (χ2v) is 4.38. The maximum Gasteiger partial charge on any atom is 0.422 e. The van der Waals surface area contributed by atoms with Crippen LogP contribution in [0.4, 0.5) is 0 Å². The molecule has 0 aliphatic heterocycles. The van der Waals surface area contributed by atoms with Gasteiger partial charge in [-0.05, 0) is 23.7 Å². The van der Waals surface area contributed by atoms with Gasteiger partial charge in [0.1, 0.15) is 6.61 Å². The summed E-state index contributed by atoms with van der Waals surface area (Å²) >= 11 is 11.6. The molecule has 0 amide bonds. The van der Waals surface area contributed by atoms with Crippen molar-refractivity contribution in [2.24, 2.45) is 5.11 Å². The van der Waals surface area contributed by atoms with Crippen molar-refractivity contribution in [3.05, 3.63) is 61.9 Å². The monoisotopic (exact) mass is 325 g/mol. The predicted molar refractivity (Wildman–Crippen MR) is 78.3 cm³/mol. The van der Waals surface area contributed by atoms with E-state index in [9.17, 15) is 4.79 Å². The summed E-state index contributed by atoms with van der Waals surface area (Å²) in [6.07, 6.45) is 3.03. The summed E-state index contributed by atoms with van der Waals surface area (Å²) in [6, 6.07) is 4.33. The highest BCUT2D eigenvalue weighted by Crippen LogP contribution is 2.22. The van der Waals surface area contributed by atoms with Crippen LogP contribution in [-0.4, -0.2) is 29.6 Å². The van der Waals surface area contributed by atoms with Crippen molar-refractivity contribution in [2.45, 2.75) is 0 Å². The van der Waals surface area contributed by atoms with Crippen LogP contribution in [0.2, 0.25) is 10.0 Å². The highest BCUT2D eigenvalue weighted by Gasteiger charge is 2.24. The number of hydrogen-bond acceptors (Lipinski definition) is 3. The van der Waals surface area contributed by atoms with E-state index in [0.717, 1.165) is 0 Å². The van der Waals surface area contributed by atoms with Gasteiger partial charge >= 0.3 is 11.7 Å². The SMILES string of the molecule is [N-]=[N+]=NC/C=C\COC(=O)C(=[N+]=[N-])c1ccc(Cl)c(Cl)c1. The minimum atomic E-state index is -0.829. The second kappa shape index (κ2) is 8.79. The number of halogens is 2. The van der Waals surface area contributed by atoms with E-state index in [1.165, 1.54) is 30.4 Å². The molecule has 0 bridgehead atoms. The molecule has 108 valence electrons. The smallest absolute Gasteiger partial charge is 0.422 e. The van der Waals surface area contributed by atoms with E-state index in [0.29, 0.717) is 5.02 Å². The minimum absolute atomic E-state index is 0.0554. The van der Waals surface area contributed by atoms with Crippen LogP contribution in [-0.2, 0) is 9.53 Å². The molecule has 7 nitrogen and oxygen atoms in total. The number of hydrogen-bond donors (Lipinski definition) is 0. The Balaban J connectivity index is 2.70. The average Bonchev–Trinajstić information content (AvgIpc) is 2.47. The van der Waals surface area contributed by atoms with Gasteiger partial charge in [0.2, 0.25) is 0 Å². The lowest BCUT2D eigenvalue weighted by molar-refractivity contribution is -0.138. The maximum absolute atomic E-state index is 11.8. The highest BCUT2D eigenvalue weighted by atomic mass is 35.5. The Hall–Kier alpha value is -2.30. The Bertz CT molecular complexity index is 662. The van der Waals surface area contributed by atoms with Crippen molar-refractivity contribution >= 4 is 34.9 Å². The molecule has 0 aliphatic carbocycles. The van der Waals surface area contributed by atoms with Gasteiger partial charge in [0.15, 0.2) is 0 Å². The Kier molecular flexibility index (Phi) is 7.01. The summed E-state index contributed by atoms with van der Waals surface area (Å²) in [5, 5.41) is 3.80. The fraction of sp³-hybridized carbons (Fsp3) is 0.167. The number of esters is 1. The van der Waals surface area contributed by atoms with Gasteiger partial charge in [0.05, 0.1) is 15.6 Å². The summed E-state index contributed by atoms with van der Waals surface area (Å²) in [5.41, 5.74) is 17.0. The molecule has 0 atom stereocenters. The van der Waals surface area contributed by atoms with E-state index < -0.39 is 5.97 Å². The van der Waals surface area contributed by atoms with Crippen molar-refractivity contribution in [1.29, 1.82) is 0 Å². The molecule has 1 aromatic rings. The van der Waals surface area contributed by atoms with Crippen LogP contribution < -0.4 is 0 Å². The molecular formula is C12H9Cl2N5O2. The first-order valence-corrected chi connectivity index (χ1v) is 6.36. The van der Waals surface area contributed by atoms with Crippen LogP contribution in [0.5, 0.6) is 0 Å². The first kappa shape index (κ1) is 16.8. The van der Waals surface area contributed by atoms with Gasteiger partial charge in [0, 0.05) is 11.5 Å². The van der Waals surface area contributed by atoms with Crippen molar-refractivity contribution in [1.82, 2.24) is 0 Å². The molecule has 0 spiro atoms. The first-order chi connectivity index (χ1) is 10.1. The molecule has 0 aromatic heterocycles. The van der Waals surface area contributed by atoms with Crippen LogP contribution >= 0.6 is 23.2 Å². The lowest BCUT2D eigenvalue weighted by Gasteiger charge is -2.00. The molecule has 0 unspecified atom stereocenters. The van der Waals surface area contributed by atoms with Gasteiger partial charge in [-0.3, -0.25) is 0 Å². The molecule has 0 N–H and O–H groups in total. The van der Waals surface area contributed by atoms with E-state index in [1.54, 1.807) is 0 Å². The lowest BCUT2D eigenvalue weighted by atomic mass is 10.1. The largest absolute Gasteiger partial charge is 0.453 e. The Morgan fingerprint density at radius 1 is 1.29 bits per heavy atom. The topological polar surface area (TPSA) is 111 Å². The van der Waals surface area contributed by atoms with Crippen LogP contribution in [0.25, 0.3) is 16.0 Å². The van der Waals surface area contributed by atoms with Gasteiger partial charge in [-0.1, -0.05) is 40.5 Å². The molecule has 0 heterocycles. The normalized spacial score (nSPS) is 9.81. The molecule has 0 aliphatic rings. The fourth-order valence-electron chi connectivity index (χ4n) is 1.28. The Morgan fingerprint density at radius 3 is 2.67 bits per heavy atom. The van der Waals surface area contributed by atoms with E-state index >= 15 is 0 Å². The van der Waals surface area contributed by atoms with Crippen LogP contribution in [0.15, 0.2) is 35.5 Å². The predicted octanol–water partition coefficient (Wildman–Crippen LogP) is 3.42. The molecule has 1 rings (SSSR count). The summed E-state index contributed by atoms with van der Waals surface area (Å²) in [5.74, 6) is -0.829. The standard InChI is InChI=1S/C12H9Cl2N5O2/c13-9-4-3-8(7-10(9)14)11(18-15)12(20)21-6-2-1-5-17-19-16/h1-4,7H,5-6H2/b2-1-. The molecule has 1 aromatic carbocycles. The van der Waals surface area contributed by atoms with Crippen LogP contribution in [0.1, 0.15) is 5.56 Å². The molecule has 21 heavy (non-hydrogen) atoms. The maximum atomic E-state index is 11.8. The quantitative estimate of drug-likeness (QED) is 0.199. The van der Waals surface area contributed by atoms with Crippen molar-refractivity contribution in [3.8, 4) is 0 Å². The summed E-state index contributed by atoms with van der Waals surface area (Å²) < 4.78 is 4.87. The molecule has 0 fully saturated rings. The third kappa shape index (κ3) is 5.30. The number of rotatable bonds is 6.